The number of fused-ring (bicyclic) bond motifs is 1. The van der Waals surface area contributed by atoms with Crippen molar-refractivity contribution >= 4 is 23.6 Å². The van der Waals surface area contributed by atoms with Gasteiger partial charge in [-0.2, -0.15) is 0 Å². The van der Waals surface area contributed by atoms with Gasteiger partial charge in [-0.15, -0.1) is 0 Å². The van der Waals surface area contributed by atoms with E-state index in [1.807, 2.05) is 23.1 Å². The molecule has 9 heteroatoms. The van der Waals surface area contributed by atoms with Gasteiger partial charge < -0.3 is 14.5 Å². The number of piperidine rings is 2. The van der Waals surface area contributed by atoms with Gasteiger partial charge in [0.05, 0.1) is 0 Å². The molecule has 0 spiro atoms. The van der Waals surface area contributed by atoms with E-state index < -0.39 is 6.04 Å². The quantitative estimate of drug-likeness (QED) is 0.608. The second-order valence-electron chi connectivity index (χ2n) is 11.2. The van der Waals surface area contributed by atoms with Crippen LogP contribution in [0.4, 0.5) is 0 Å². The molecule has 38 heavy (non-hydrogen) atoms. The number of likely N-dealkylation sites (tertiary alicyclic amines) is 2. The predicted octanol–water partition coefficient (Wildman–Crippen LogP) is 2.86. The highest BCUT2D eigenvalue weighted by atomic mass is 16.5. The zero-order valence-electron chi connectivity index (χ0n) is 22.5. The molecule has 5 aliphatic rings. The molecule has 0 aromatic heterocycles. The fourth-order valence-corrected chi connectivity index (χ4v) is 6.31. The summed E-state index contributed by atoms with van der Waals surface area (Å²) in [6, 6.07) is 5.58. The molecule has 3 atom stereocenters. The number of hydrogen-bond donors (Lipinski definition) is 1. The number of carbonyl (C=O) groups is 4. The number of rotatable bonds is 4. The van der Waals surface area contributed by atoms with Crippen LogP contribution in [0, 0.1) is 0 Å². The Labute approximate surface area is 224 Å². The monoisotopic (exact) mass is 524 g/mol. The fraction of sp³-hybridized carbons (Fsp3) is 0.655. The molecule has 4 heterocycles. The van der Waals surface area contributed by atoms with Gasteiger partial charge in [0.1, 0.15) is 17.9 Å². The normalized spacial score (nSPS) is 27.6. The van der Waals surface area contributed by atoms with E-state index in [0.717, 1.165) is 30.8 Å². The Kier molecular flexibility index (Phi) is 8.31. The smallest absolute Gasteiger partial charge is 0.255 e. The van der Waals surface area contributed by atoms with E-state index >= 15 is 0 Å². The van der Waals surface area contributed by atoms with Crippen molar-refractivity contribution in [2.75, 3.05) is 26.2 Å². The predicted molar refractivity (Wildman–Crippen MR) is 141 cm³/mol. The number of benzene rings is 1. The molecule has 3 saturated heterocycles. The van der Waals surface area contributed by atoms with E-state index in [0.29, 0.717) is 24.6 Å². The molecule has 4 fully saturated rings. The third kappa shape index (κ3) is 5.87. The SMILES string of the molecule is CC(=O)N1CCCCC1.O=C1CCC(N2Cc3cc(OC4CCCCC4N4CCC4)ccc3C2=O)C(=O)N1. The van der Waals surface area contributed by atoms with Crippen LogP contribution in [0.15, 0.2) is 18.2 Å². The van der Waals surface area contributed by atoms with E-state index in [9.17, 15) is 19.2 Å². The van der Waals surface area contributed by atoms with Gasteiger partial charge in [-0.3, -0.25) is 29.4 Å². The molecule has 1 aromatic rings. The summed E-state index contributed by atoms with van der Waals surface area (Å²) in [6.07, 6.45) is 10.5. The molecule has 1 N–H and O–H groups in total. The number of carbonyl (C=O) groups excluding carboxylic acids is 4. The van der Waals surface area contributed by atoms with E-state index in [1.165, 1.54) is 58.0 Å². The van der Waals surface area contributed by atoms with Gasteiger partial charge in [-0.25, -0.2) is 0 Å². The summed E-state index contributed by atoms with van der Waals surface area (Å²) in [7, 11) is 0. The van der Waals surface area contributed by atoms with Crippen molar-refractivity contribution in [1.29, 1.82) is 0 Å². The molecule has 206 valence electrons. The third-order valence-corrected chi connectivity index (χ3v) is 8.61. The highest BCUT2D eigenvalue weighted by Gasteiger charge is 2.39. The van der Waals surface area contributed by atoms with Gasteiger partial charge >= 0.3 is 0 Å². The van der Waals surface area contributed by atoms with Crippen LogP contribution < -0.4 is 10.1 Å². The number of imide groups is 1. The lowest BCUT2D eigenvalue weighted by atomic mass is 9.89. The maximum Gasteiger partial charge on any atom is 0.255 e. The van der Waals surface area contributed by atoms with Gasteiger partial charge in [0.15, 0.2) is 0 Å². The largest absolute Gasteiger partial charge is 0.489 e. The first kappa shape index (κ1) is 26.7. The summed E-state index contributed by atoms with van der Waals surface area (Å²) in [5, 5.41) is 2.34. The van der Waals surface area contributed by atoms with Crippen LogP contribution in [0.5, 0.6) is 5.75 Å². The molecule has 0 radical (unpaired) electrons. The van der Waals surface area contributed by atoms with Crippen molar-refractivity contribution in [2.45, 2.75) is 95.9 Å². The molecule has 6 rings (SSSR count). The highest BCUT2D eigenvalue weighted by molar-refractivity contribution is 6.05. The standard InChI is InChI=1S/C22H27N3O4.C7H13NO/c26-20-9-8-18(21(27)23-20)25-13-14-12-15(6-7-16(14)22(25)28)29-19-5-2-1-4-17(19)24-10-3-11-24;1-7(9)8-5-3-2-4-6-8/h6-7,12,17-19H,1-5,8-11,13H2,(H,23,26,27);2-6H2,1H3. The van der Waals surface area contributed by atoms with Crippen LogP contribution in [0.2, 0.25) is 0 Å². The van der Waals surface area contributed by atoms with Crippen LogP contribution >= 0.6 is 0 Å². The minimum absolute atomic E-state index is 0.142. The molecule has 1 saturated carbocycles. The first-order valence-electron chi connectivity index (χ1n) is 14.3. The van der Waals surface area contributed by atoms with Crippen molar-refractivity contribution in [3.05, 3.63) is 29.3 Å². The Bertz CT molecular complexity index is 1070. The van der Waals surface area contributed by atoms with E-state index in [-0.39, 0.29) is 36.2 Å². The summed E-state index contributed by atoms with van der Waals surface area (Å²) in [5.74, 6) is 0.250. The van der Waals surface area contributed by atoms with E-state index in [4.69, 9.17) is 4.74 Å². The molecular formula is C29H40N4O5. The van der Waals surface area contributed by atoms with Crippen molar-refractivity contribution in [2.24, 2.45) is 0 Å². The van der Waals surface area contributed by atoms with Crippen LogP contribution in [0.1, 0.15) is 87.1 Å². The second-order valence-corrected chi connectivity index (χ2v) is 11.2. The highest BCUT2D eigenvalue weighted by Crippen LogP contribution is 2.33. The summed E-state index contributed by atoms with van der Waals surface area (Å²) in [6.45, 7) is 6.34. The summed E-state index contributed by atoms with van der Waals surface area (Å²) in [4.78, 5) is 53.2. The van der Waals surface area contributed by atoms with Crippen LogP contribution in [0.3, 0.4) is 0 Å². The molecule has 9 nitrogen and oxygen atoms in total. The summed E-state index contributed by atoms with van der Waals surface area (Å²) >= 11 is 0. The van der Waals surface area contributed by atoms with Crippen LogP contribution in [-0.4, -0.2) is 82.7 Å². The van der Waals surface area contributed by atoms with E-state index in [2.05, 4.69) is 10.2 Å². The van der Waals surface area contributed by atoms with E-state index in [1.54, 1.807) is 11.8 Å². The molecule has 4 amide bonds. The molecule has 4 aliphatic heterocycles. The van der Waals surface area contributed by atoms with Gasteiger partial charge in [0, 0.05) is 44.6 Å². The van der Waals surface area contributed by atoms with Crippen molar-refractivity contribution in [3.8, 4) is 5.75 Å². The lowest BCUT2D eigenvalue weighted by Gasteiger charge is -2.44. The van der Waals surface area contributed by atoms with Gasteiger partial charge in [-0.1, -0.05) is 6.42 Å². The Morgan fingerprint density at radius 3 is 2.34 bits per heavy atom. The summed E-state index contributed by atoms with van der Waals surface area (Å²) < 4.78 is 6.41. The third-order valence-electron chi connectivity index (χ3n) is 8.61. The fourth-order valence-electron chi connectivity index (χ4n) is 6.31. The Morgan fingerprint density at radius 2 is 1.68 bits per heavy atom. The molecule has 0 bridgehead atoms. The zero-order valence-corrected chi connectivity index (χ0v) is 22.5. The number of hydrogen-bond acceptors (Lipinski definition) is 6. The number of amides is 4. The average molecular weight is 525 g/mol. The van der Waals surface area contributed by atoms with Crippen molar-refractivity contribution in [3.63, 3.8) is 0 Å². The first-order chi connectivity index (χ1) is 18.4. The zero-order chi connectivity index (χ0) is 26.6. The molecule has 1 aliphatic carbocycles. The maximum atomic E-state index is 12.8. The first-order valence-corrected chi connectivity index (χ1v) is 14.3. The maximum absolute atomic E-state index is 12.8. The average Bonchev–Trinajstić information content (AvgIpc) is 3.20. The van der Waals surface area contributed by atoms with Crippen molar-refractivity contribution in [1.82, 2.24) is 20.0 Å². The number of nitrogens with one attached hydrogen (secondary N) is 1. The number of nitrogens with zero attached hydrogens (tertiary/aromatic N) is 3. The summed E-state index contributed by atoms with van der Waals surface area (Å²) in [5.41, 5.74) is 1.53. The molecular weight excluding hydrogens is 484 g/mol. The Morgan fingerprint density at radius 1 is 0.921 bits per heavy atom. The van der Waals surface area contributed by atoms with Crippen molar-refractivity contribution < 1.29 is 23.9 Å². The minimum Gasteiger partial charge on any atom is -0.489 e. The number of ether oxygens (including phenoxy) is 1. The second kappa shape index (κ2) is 11.8. The Balaban J connectivity index is 0.000000278. The minimum atomic E-state index is -0.578. The van der Waals surface area contributed by atoms with Gasteiger partial charge in [0.2, 0.25) is 17.7 Å². The van der Waals surface area contributed by atoms with Gasteiger partial charge in [-0.05, 0) is 88.2 Å². The lowest BCUT2D eigenvalue weighted by Crippen LogP contribution is -2.53. The van der Waals surface area contributed by atoms with Crippen LogP contribution in [-0.2, 0) is 20.9 Å². The molecule has 1 aromatic carbocycles. The van der Waals surface area contributed by atoms with Gasteiger partial charge in [0.25, 0.3) is 5.91 Å². The topological polar surface area (TPSA) is 99.3 Å². The lowest BCUT2D eigenvalue weighted by molar-refractivity contribution is -0.137. The Hall–Kier alpha value is -2.94. The molecule has 3 unspecified atom stereocenters. The van der Waals surface area contributed by atoms with Crippen LogP contribution in [0.25, 0.3) is 0 Å².